The number of halogens is 2. The number of Topliss-reactive ketones (excluding diaryl/α,β-unsaturated/α-hetero) is 1. The molecule has 9 nitrogen and oxygen atoms in total. The Bertz CT molecular complexity index is 1720. The van der Waals surface area contributed by atoms with Crippen molar-refractivity contribution in [3.05, 3.63) is 80.1 Å². The Kier molecular flexibility index (Phi) is 8.89. The number of anilines is 1. The molecule has 2 aromatic carbocycles. The lowest BCUT2D eigenvalue weighted by molar-refractivity contribution is -0.116. The van der Waals surface area contributed by atoms with Crippen LogP contribution in [-0.4, -0.2) is 73.8 Å². The molecule has 0 unspecified atom stereocenters. The Labute approximate surface area is 245 Å². The van der Waals surface area contributed by atoms with Gasteiger partial charge in [0, 0.05) is 38.3 Å². The molecule has 0 atom stereocenters. The number of thiophene rings is 1. The van der Waals surface area contributed by atoms with Crippen molar-refractivity contribution in [2.45, 2.75) is 10.6 Å². The number of ketones is 1. The summed E-state index contributed by atoms with van der Waals surface area (Å²) in [5.41, 5.74) is 2.10. The molecule has 5 rings (SSSR count). The van der Waals surface area contributed by atoms with E-state index in [2.05, 4.69) is 15.2 Å². The van der Waals surface area contributed by atoms with E-state index < -0.39 is 21.4 Å². The maximum Gasteiger partial charge on any atom is 0.265 e. The monoisotopic (exact) mass is 620 g/mol. The summed E-state index contributed by atoms with van der Waals surface area (Å²) >= 11 is 13.2. The second kappa shape index (κ2) is 12.4. The second-order valence-corrected chi connectivity index (χ2v) is 13.7. The van der Waals surface area contributed by atoms with Gasteiger partial charge in [0.05, 0.1) is 39.2 Å². The minimum absolute atomic E-state index is 0.0540. The SMILES string of the molecule is O=C(Cc1ccc(-n2cnc3cc(NCCN4CCOCC4)ccc3c2=O)c(Cl)c1)CS(=O)(=O)c1ccc(Cl)s1. The van der Waals surface area contributed by atoms with Crippen molar-refractivity contribution in [1.29, 1.82) is 0 Å². The van der Waals surface area contributed by atoms with Gasteiger partial charge >= 0.3 is 0 Å². The molecule has 0 spiro atoms. The van der Waals surface area contributed by atoms with Crippen molar-refractivity contribution >= 4 is 66.7 Å². The number of nitrogens with one attached hydrogen (secondary N) is 1. The Balaban J connectivity index is 1.27. The van der Waals surface area contributed by atoms with E-state index in [1.54, 1.807) is 24.3 Å². The van der Waals surface area contributed by atoms with Crippen molar-refractivity contribution in [2.75, 3.05) is 50.5 Å². The average Bonchev–Trinajstić information content (AvgIpc) is 3.37. The lowest BCUT2D eigenvalue weighted by atomic mass is 10.1. The van der Waals surface area contributed by atoms with E-state index in [1.165, 1.54) is 23.0 Å². The van der Waals surface area contributed by atoms with Gasteiger partial charge < -0.3 is 10.1 Å². The maximum absolute atomic E-state index is 13.3. The van der Waals surface area contributed by atoms with Crippen molar-refractivity contribution < 1.29 is 17.9 Å². The molecule has 210 valence electrons. The number of morpholine rings is 1. The molecular weight excluding hydrogens is 595 g/mol. The Morgan fingerprint density at radius 2 is 1.88 bits per heavy atom. The molecule has 2 aromatic heterocycles. The fraction of sp³-hybridized carbons (Fsp3) is 0.296. The molecule has 0 bridgehead atoms. The smallest absolute Gasteiger partial charge is 0.265 e. The van der Waals surface area contributed by atoms with Gasteiger partial charge in [0.15, 0.2) is 15.6 Å². The zero-order valence-corrected chi connectivity index (χ0v) is 24.5. The van der Waals surface area contributed by atoms with Crippen LogP contribution in [0.15, 0.2) is 63.9 Å². The zero-order valence-electron chi connectivity index (χ0n) is 21.3. The summed E-state index contributed by atoms with van der Waals surface area (Å²) in [6.07, 6.45) is 1.30. The lowest BCUT2D eigenvalue weighted by Gasteiger charge is -2.26. The van der Waals surface area contributed by atoms with Crippen LogP contribution in [0.4, 0.5) is 5.69 Å². The van der Waals surface area contributed by atoms with E-state index in [1.807, 2.05) is 12.1 Å². The van der Waals surface area contributed by atoms with E-state index in [0.717, 1.165) is 56.4 Å². The molecule has 1 N–H and O–H groups in total. The first kappa shape index (κ1) is 28.7. The predicted molar refractivity (Wildman–Crippen MR) is 158 cm³/mol. The summed E-state index contributed by atoms with van der Waals surface area (Å²) in [6, 6.07) is 13.1. The van der Waals surface area contributed by atoms with Gasteiger partial charge in [-0.2, -0.15) is 0 Å². The zero-order chi connectivity index (χ0) is 28.3. The van der Waals surface area contributed by atoms with Gasteiger partial charge in [-0.15, -0.1) is 11.3 Å². The fourth-order valence-corrected chi connectivity index (χ4v) is 7.57. The van der Waals surface area contributed by atoms with Crippen LogP contribution < -0.4 is 10.9 Å². The molecule has 1 aliphatic heterocycles. The van der Waals surface area contributed by atoms with Crippen LogP contribution in [0.5, 0.6) is 0 Å². The Morgan fingerprint density at radius 3 is 2.60 bits per heavy atom. The van der Waals surface area contributed by atoms with E-state index in [0.29, 0.717) is 26.5 Å². The highest BCUT2D eigenvalue weighted by Gasteiger charge is 2.22. The first-order chi connectivity index (χ1) is 19.2. The van der Waals surface area contributed by atoms with E-state index in [-0.39, 0.29) is 21.2 Å². The van der Waals surface area contributed by atoms with Crippen molar-refractivity contribution in [1.82, 2.24) is 14.5 Å². The third-order valence-electron chi connectivity index (χ3n) is 6.50. The van der Waals surface area contributed by atoms with Crippen molar-refractivity contribution in [2.24, 2.45) is 0 Å². The molecule has 4 aromatic rings. The van der Waals surface area contributed by atoms with Crippen LogP contribution in [0.3, 0.4) is 0 Å². The highest BCUT2D eigenvalue weighted by Crippen LogP contribution is 2.27. The highest BCUT2D eigenvalue weighted by molar-refractivity contribution is 7.94. The molecule has 13 heteroatoms. The van der Waals surface area contributed by atoms with E-state index in [4.69, 9.17) is 27.9 Å². The molecule has 1 fully saturated rings. The standard InChI is InChI=1S/C27H26Cl2N4O5S2/c28-22-14-18(13-20(34)16-40(36,37)26-6-5-25(29)39-26)1-4-24(22)33-17-31-23-15-19(2-3-21(23)27(33)35)30-7-8-32-9-11-38-12-10-32/h1-6,14-15,17,30H,7-13,16H2. The number of ether oxygens (including phenoxy) is 1. The number of hydrogen-bond acceptors (Lipinski definition) is 9. The molecule has 0 amide bonds. The highest BCUT2D eigenvalue weighted by atomic mass is 35.5. The fourth-order valence-electron chi connectivity index (χ4n) is 4.47. The number of carbonyl (C=O) groups is 1. The summed E-state index contributed by atoms with van der Waals surface area (Å²) in [6.45, 7) is 5.03. The number of sulfone groups is 1. The third kappa shape index (κ3) is 6.73. The van der Waals surface area contributed by atoms with Gasteiger partial charge in [-0.3, -0.25) is 19.1 Å². The molecule has 1 saturated heterocycles. The summed E-state index contributed by atoms with van der Waals surface area (Å²) in [4.78, 5) is 32.6. The van der Waals surface area contributed by atoms with Crippen LogP contribution in [-0.2, 0) is 25.8 Å². The Morgan fingerprint density at radius 1 is 1.07 bits per heavy atom. The van der Waals surface area contributed by atoms with Gasteiger partial charge in [0.2, 0.25) is 0 Å². The number of benzene rings is 2. The van der Waals surface area contributed by atoms with Crippen LogP contribution in [0.25, 0.3) is 16.6 Å². The second-order valence-electron chi connectivity index (χ2n) is 9.35. The van der Waals surface area contributed by atoms with Gasteiger partial charge in [0.25, 0.3) is 5.56 Å². The Hall–Kier alpha value is -2.80. The first-order valence-electron chi connectivity index (χ1n) is 12.5. The normalized spacial score (nSPS) is 14.4. The molecule has 40 heavy (non-hydrogen) atoms. The molecule has 0 radical (unpaired) electrons. The third-order valence-corrected chi connectivity index (χ3v) is 10.3. The van der Waals surface area contributed by atoms with Gasteiger partial charge in [-0.05, 0) is 48.0 Å². The van der Waals surface area contributed by atoms with Crippen molar-refractivity contribution in [3.8, 4) is 5.69 Å². The molecule has 3 heterocycles. The van der Waals surface area contributed by atoms with Gasteiger partial charge in [-0.1, -0.05) is 29.3 Å². The summed E-state index contributed by atoms with van der Waals surface area (Å²) in [5.74, 6) is -1.12. The number of rotatable bonds is 10. The molecule has 1 aliphatic rings. The minimum Gasteiger partial charge on any atom is -0.384 e. The number of nitrogens with zero attached hydrogens (tertiary/aromatic N) is 3. The number of aromatic nitrogens is 2. The predicted octanol–water partition coefficient (Wildman–Crippen LogP) is 4.08. The van der Waals surface area contributed by atoms with Crippen LogP contribution in [0.2, 0.25) is 9.36 Å². The van der Waals surface area contributed by atoms with E-state index >= 15 is 0 Å². The molecule has 0 aliphatic carbocycles. The van der Waals surface area contributed by atoms with Crippen LogP contribution in [0.1, 0.15) is 5.56 Å². The van der Waals surface area contributed by atoms with Gasteiger partial charge in [-0.25, -0.2) is 13.4 Å². The van der Waals surface area contributed by atoms with Crippen LogP contribution >= 0.6 is 34.5 Å². The summed E-state index contributed by atoms with van der Waals surface area (Å²) < 4.78 is 32.1. The summed E-state index contributed by atoms with van der Waals surface area (Å²) in [5, 5.41) is 4.06. The topological polar surface area (TPSA) is 111 Å². The average molecular weight is 622 g/mol. The number of carbonyl (C=O) groups excluding carboxylic acids is 1. The quantitative estimate of drug-likeness (QED) is 0.282. The van der Waals surface area contributed by atoms with Crippen molar-refractivity contribution in [3.63, 3.8) is 0 Å². The lowest BCUT2D eigenvalue weighted by Crippen LogP contribution is -2.39. The number of fused-ring (bicyclic) bond motifs is 1. The molecule has 0 saturated carbocycles. The number of hydrogen-bond donors (Lipinski definition) is 1. The van der Waals surface area contributed by atoms with Crippen LogP contribution in [0, 0.1) is 0 Å². The minimum atomic E-state index is -3.77. The first-order valence-corrected chi connectivity index (χ1v) is 15.8. The summed E-state index contributed by atoms with van der Waals surface area (Å²) in [7, 11) is -3.77. The largest absolute Gasteiger partial charge is 0.384 e. The van der Waals surface area contributed by atoms with E-state index in [9.17, 15) is 18.0 Å². The molecular formula is C27H26Cl2N4O5S2. The maximum atomic E-state index is 13.3. The van der Waals surface area contributed by atoms with Gasteiger partial charge in [0.1, 0.15) is 16.3 Å².